The lowest BCUT2D eigenvalue weighted by molar-refractivity contribution is 0.209. The Bertz CT molecular complexity index is 513. The van der Waals surface area contributed by atoms with Crippen molar-refractivity contribution in [3.63, 3.8) is 0 Å². The summed E-state index contributed by atoms with van der Waals surface area (Å²) in [7, 11) is 0. The van der Waals surface area contributed by atoms with Crippen molar-refractivity contribution in [2.24, 2.45) is 5.73 Å². The molecule has 2 N–H and O–H groups in total. The number of nitrogens with zero attached hydrogens (tertiary/aromatic N) is 2. The summed E-state index contributed by atoms with van der Waals surface area (Å²) >= 11 is 0. The molecule has 1 atom stereocenters. The van der Waals surface area contributed by atoms with E-state index in [2.05, 4.69) is 9.97 Å². The van der Waals surface area contributed by atoms with Crippen molar-refractivity contribution >= 4 is 0 Å². The molecule has 0 saturated carbocycles. The van der Waals surface area contributed by atoms with Crippen LogP contribution in [0.1, 0.15) is 11.8 Å². The first kappa shape index (κ1) is 8.38. The van der Waals surface area contributed by atoms with Crippen LogP contribution in [0.4, 0.5) is 0 Å². The molecule has 15 heavy (non-hydrogen) atoms. The Hall–Kier alpha value is -1.94. The molecule has 1 unspecified atom stereocenters. The Morgan fingerprint density at radius 1 is 1.27 bits per heavy atom. The molecule has 74 valence electrons. The van der Waals surface area contributed by atoms with Gasteiger partial charge in [0.2, 0.25) is 0 Å². The summed E-state index contributed by atoms with van der Waals surface area (Å²) in [5.41, 5.74) is 8.52. The van der Waals surface area contributed by atoms with Crippen LogP contribution in [-0.2, 0) is 0 Å². The van der Waals surface area contributed by atoms with E-state index in [1.54, 1.807) is 6.20 Å². The summed E-state index contributed by atoms with van der Waals surface area (Å²) in [4.78, 5) is 8.19. The molecule has 0 radical (unpaired) electrons. The standard InChI is InChI=1S/C11H9N3O/c12-11-8-5-13-6-14-10(8)7-3-1-2-4-9(7)15-11/h1-6,11H,12H2. The minimum atomic E-state index is -0.476. The highest BCUT2D eigenvalue weighted by Crippen LogP contribution is 2.38. The van der Waals surface area contributed by atoms with Crippen LogP contribution in [0.15, 0.2) is 36.8 Å². The van der Waals surface area contributed by atoms with Crippen molar-refractivity contribution in [3.8, 4) is 17.0 Å². The fourth-order valence-electron chi connectivity index (χ4n) is 1.74. The molecule has 0 saturated heterocycles. The van der Waals surface area contributed by atoms with Gasteiger partial charge in [0.05, 0.1) is 11.3 Å². The van der Waals surface area contributed by atoms with Crippen molar-refractivity contribution in [1.82, 2.24) is 9.97 Å². The molecule has 0 aliphatic carbocycles. The quantitative estimate of drug-likeness (QED) is 0.698. The molecule has 1 aromatic heterocycles. The monoisotopic (exact) mass is 199 g/mol. The highest BCUT2D eigenvalue weighted by atomic mass is 16.5. The van der Waals surface area contributed by atoms with E-state index in [1.807, 2.05) is 24.3 Å². The van der Waals surface area contributed by atoms with Crippen LogP contribution in [0.5, 0.6) is 5.75 Å². The minimum absolute atomic E-state index is 0.476. The van der Waals surface area contributed by atoms with Gasteiger partial charge in [-0.15, -0.1) is 0 Å². The van der Waals surface area contributed by atoms with Crippen molar-refractivity contribution in [2.75, 3.05) is 0 Å². The van der Waals surface area contributed by atoms with E-state index in [9.17, 15) is 0 Å². The third-order valence-electron chi connectivity index (χ3n) is 2.44. The normalized spacial score (nSPS) is 17.5. The molecular formula is C11H9N3O. The number of hydrogen-bond acceptors (Lipinski definition) is 4. The first-order chi connectivity index (χ1) is 7.36. The van der Waals surface area contributed by atoms with E-state index in [0.717, 1.165) is 22.6 Å². The summed E-state index contributed by atoms with van der Waals surface area (Å²) in [6.45, 7) is 0. The van der Waals surface area contributed by atoms with Gasteiger partial charge in [-0.2, -0.15) is 0 Å². The second-order valence-corrected chi connectivity index (χ2v) is 3.36. The third kappa shape index (κ3) is 1.19. The minimum Gasteiger partial charge on any atom is -0.471 e. The molecular weight excluding hydrogens is 190 g/mol. The Balaban J connectivity index is 2.30. The summed E-state index contributed by atoms with van der Waals surface area (Å²) in [6.07, 6.45) is 2.74. The second-order valence-electron chi connectivity index (χ2n) is 3.36. The smallest absolute Gasteiger partial charge is 0.177 e. The van der Waals surface area contributed by atoms with Crippen molar-refractivity contribution < 1.29 is 4.74 Å². The molecule has 2 aromatic rings. The molecule has 4 heteroatoms. The van der Waals surface area contributed by atoms with E-state index >= 15 is 0 Å². The number of nitrogens with two attached hydrogens (primary N) is 1. The molecule has 0 bridgehead atoms. The zero-order chi connectivity index (χ0) is 10.3. The van der Waals surface area contributed by atoms with Gasteiger partial charge in [0.15, 0.2) is 6.23 Å². The number of rotatable bonds is 0. The maximum Gasteiger partial charge on any atom is 0.177 e. The first-order valence-corrected chi connectivity index (χ1v) is 4.68. The molecule has 1 aliphatic rings. The highest BCUT2D eigenvalue weighted by molar-refractivity contribution is 5.71. The van der Waals surface area contributed by atoms with Crippen LogP contribution in [0.2, 0.25) is 0 Å². The van der Waals surface area contributed by atoms with Gasteiger partial charge in [-0.25, -0.2) is 9.97 Å². The number of hydrogen-bond donors (Lipinski definition) is 1. The van der Waals surface area contributed by atoms with Gasteiger partial charge in [-0.05, 0) is 12.1 Å². The lowest BCUT2D eigenvalue weighted by atomic mass is 10.0. The van der Waals surface area contributed by atoms with Crippen LogP contribution in [0.3, 0.4) is 0 Å². The predicted molar refractivity (Wildman–Crippen MR) is 55.0 cm³/mol. The first-order valence-electron chi connectivity index (χ1n) is 4.68. The largest absolute Gasteiger partial charge is 0.471 e. The highest BCUT2D eigenvalue weighted by Gasteiger charge is 2.23. The summed E-state index contributed by atoms with van der Waals surface area (Å²) in [5, 5.41) is 0. The van der Waals surface area contributed by atoms with Crippen LogP contribution >= 0.6 is 0 Å². The number of para-hydroxylation sites is 1. The Morgan fingerprint density at radius 2 is 2.13 bits per heavy atom. The lowest BCUT2D eigenvalue weighted by Gasteiger charge is -2.24. The summed E-state index contributed by atoms with van der Waals surface area (Å²) in [5.74, 6) is 0.774. The molecule has 0 spiro atoms. The van der Waals surface area contributed by atoms with Crippen LogP contribution in [-0.4, -0.2) is 9.97 Å². The second kappa shape index (κ2) is 3.03. The zero-order valence-corrected chi connectivity index (χ0v) is 7.92. The Labute approximate surface area is 86.7 Å². The average Bonchev–Trinajstić information content (AvgIpc) is 2.30. The fraction of sp³-hybridized carbons (Fsp3) is 0.0909. The number of benzene rings is 1. The van der Waals surface area contributed by atoms with Crippen molar-refractivity contribution in [2.45, 2.75) is 6.23 Å². The van der Waals surface area contributed by atoms with Gasteiger partial charge in [0.1, 0.15) is 12.1 Å². The number of ether oxygens (including phenoxy) is 1. The van der Waals surface area contributed by atoms with Gasteiger partial charge in [0, 0.05) is 11.8 Å². The lowest BCUT2D eigenvalue weighted by Crippen LogP contribution is -2.22. The number of aromatic nitrogens is 2. The predicted octanol–water partition coefficient (Wildman–Crippen LogP) is 1.49. The van der Waals surface area contributed by atoms with E-state index in [1.165, 1.54) is 6.33 Å². The van der Waals surface area contributed by atoms with Gasteiger partial charge < -0.3 is 4.74 Å². The van der Waals surface area contributed by atoms with E-state index < -0.39 is 6.23 Å². The molecule has 1 aromatic carbocycles. The summed E-state index contributed by atoms with van der Waals surface area (Å²) < 4.78 is 5.56. The van der Waals surface area contributed by atoms with Gasteiger partial charge in [0.25, 0.3) is 0 Å². The molecule has 4 nitrogen and oxygen atoms in total. The third-order valence-corrected chi connectivity index (χ3v) is 2.44. The van der Waals surface area contributed by atoms with E-state index in [0.29, 0.717) is 0 Å². The van der Waals surface area contributed by atoms with Crippen LogP contribution in [0.25, 0.3) is 11.3 Å². The Kier molecular flexibility index (Phi) is 1.69. The van der Waals surface area contributed by atoms with Crippen LogP contribution in [0, 0.1) is 0 Å². The number of fused-ring (bicyclic) bond motifs is 3. The zero-order valence-electron chi connectivity index (χ0n) is 7.92. The van der Waals surface area contributed by atoms with Gasteiger partial charge >= 0.3 is 0 Å². The van der Waals surface area contributed by atoms with Gasteiger partial charge in [-0.3, -0.25) is 5.73 Å². The molecule has 0 amide bonds. The van der Waals surface area contributed by atoms with Crippen molar-refractivity contribution in [3.05, 3.63) is 42.4 Å². The fourth-order valence-corrected chi connectivity index (χ4v) is 1.74. The molecule has 3 rings (SSSR count). The van der Waals surface area contributed by atoms with Gasteiger partial charge in [-0.1, -0.05) is 12.1 Å². The average molecular weight is 199 g/mol. The summed E-state index contributed by atoms with van der Waals surface area (Å²) in [6, 6.07) is 7.72. The SMILES string of the molecule is NC1Oc2ccccc2-c2ncncc21. The Morgan fingerprint density at radius 3 is 3.07 bits per heavy atom. The maximum absolute atomic E-state index is 5.86. The van der Waals surface area contributed by atoms with E-state index in [-0.39, 0.29) is 0 Å². The molecule has 0 fully saturated rings. The molecule has 2 heterocycles. The topological polar surface area (TPSA) is 61.0 Å². The molecule has 1 aliphatic heterocycles. The van der Waals surface area contributed by atoms with Crippen molar-refractivity contribution in [1.29, 1.82) is 0 Å². The maximum atomic E-state index is 5.86. The van der Waals surface area contributed by atoms with E-state index in [4.69, 9.17) is 10.5 Å². The van der Waals surface area contributed by atoms with Crippen LogP contribution < -0.4 is 10.5 Å².